The molecule has 1 saturated carbocycles. The van der Waals surface area contributed by atoms with Crippen molar-refractivity contribution in [2.45, 2.75) is 51.4 Å². The van der Waals surface area contributed by atoms with Crippen molar-refractivity contribution in [3.05, 3.63) is 11.6 Å². The zero-order valence-corrected chi connectivity index (χ0v) is 13.2. The number of unbranched alkanes of at least 4 members (excludes halogenated alkanes) is 2. The van der Waals surface area contributed by atoms with E-state index in [1.165, 1.54) is 38.5 Å². The molecule has 0 aromatic rings. The number of hydrogen-bond donors (Lipinski definition) is 1. The fourth-order valence-corrected chi connectivity index (χ4v) is 2.41. The van der Waals surface area contributed by atoms with Crippen molar-refractivity contribution in [3.8, 4) is 0 Å². The highest BCUT2D eigenvalue weighted by molar-refractivity contribution is 9.09. The Morgan fingerprint density at radius 3 is 2.00 bits per heavy atom. The van der Waals surface area contributed by atoms with Gasteiger partial charge in [-0.3, -0.25) is 0 Å². The van der Waals surface area contributed by atoms with Crippen LogP contribution in [0.3, 0.4) is 0 Å². The van der Waals surface area contributed by atoms with E-state index in [1.54, 1.807) is 5.57 Å². The van der Waals surface area contributed by atoms with E-state index in [0.717, 1.165) is 23.5 Å². The van der Waals surface area contributed by atoms with Gasteiger partial charge in [0.25, 0.3) is 0 Å². The summed E-state index contributed by atoms with van der Waals surface area (Å²) in [6.07, 6.45) is 12.3. The van der Waals surface area contributed by atoms with Crippen LogP contribution in [0.4, 0.5) is 0 Å². The fourth-order valence-electron chi connectivity index (χ4n) is 1.62. The Balaban J connectivity index is 0.000000325. The van der Waals surface area contributed by atoms with Gasteiger partial charge in [-0.25, -0.2) is 0 Å². The number of alkyl halides is 2. The van der Waals surface area contributed by atoms with Crippen LogP contribution in [0.5, 0.6) is 0 Å². The molecule has 16 heavy (non-hydrogen) atoms. The van der Waals surface area contributed by atoms with Gasteiger partial charge in [-0.05, 0) is 51.4 Å². The molecule has 0 atom stereocenters. The van der Waals surface area contributed by atoms with Crippen molar-refractivity contribution >= 4 is 31.9 Å². The van der Waals surface area contributed by atoms with Gasteiger partial charge in [0.05, 0.1) is 0 Å². The summed E-state index contributed by atoms with van der Waals surface area (Å²) in [5, 5.41) is 10.8. The van der Waals surface area contributed by atoms with Crippen LogP contribution >= 0.6 is 31.9 Å². The molecule has 1 aliphatic rings. The molecule has 1 fully saturated rings. The highest BCUT2D eigenvalue weighted by Crippen LogP contribution is 2.23. The maximum absolute atomic E-state index is 8.51. The van der Waals surface area contributed by atoms with Crippen LogP contribution in [0, 0.1) is 0 Å². The maximum Gasteiger partial charge on any atom is 0.0433 e. The van der Waals surface area contributed by atoms with E-state index in [9.17, 15) is 0 Å². The summed E-state index contributed by atoms with van der Waals surface area (Å²) in [7, 11) is 0. The van der Waals surface area contributed by atoms with Gasteiger partial charge in [-0.2, -0.15) is 0 Å². The first-order valence-electron chi connectivity index (χ1n) is 6.25. The zero-order chi connectivity index (χ0) is 12.1. The van der Waals surface area contributed by atoms with Crippen LogP contribution in [0.1, 0.15) is 51.4 Å². The summed E-state index contributed by atoms with van der Waals surface area (Å²) >= 11 is 6.66. The summed E-state index contributed by atoms with van der Waals surface area (Å²) in [5.41, 5.74) is 1.62. The van der Waals surface area contributed by atoms with Gasteiger partial charge < -0.3 is 5.11 Å². The third-order valence-electron chi connectivity index (χ3n) is 2.56. The molecule has 0 aromatic heterocycles. The molecule has 0 saturated heterocycles. The number of rotatable bonds is 6. The minimum Gasteiger partial charge on any atom is -0.396 e. The summed E-state index contributed by atoms with van der Waals surface area (Å²) in [4.78, 5) is 0. The molecule has 1 N–H and O–H groups in total. The van der Waals surface area contributed by atoms with Crippen molar-refractivity contribution in [1.29, 1.82) is 0 Å². The molecule has 0 unspecified atom stereocenters. The van der Waals surface area contributed by atoms with Gasteiger partial charge in [-0.1, -0.05) is 43.5 Å². The molecule has 1 nitrogen and oxygen atoms in total. The van der Waals surface area contributed by atoms with Crippen molar-refractivity contribution in [3.63, 3.8) is 0 Å². The Kier molecular flexibility index (Phi) is 14.3. The molecule has 0 spiro atoms. The third kappa shape index (κ3) is 11.2. The van der Waals surface area contributed by atoms with E-state index in [4.69, 9.17) is 5.11 Å². The van der Waals surface area contributed by atoms with E-state index >= 15 is 0 Å². The lowest BCUT2D eigenvalue weighted by Crippen LogP contribution is -1.80. The quantitative estimate of drug-likeness (QED) is 0.411. The first-order chi connectivity index (χ1) is 7.85. The molecule has 0 aromatic carbocycles. The van der Waals surface area contributed by atoms with Gasteiger partial charge in [0.1, 0.15) is 0 Å². The molecule has 3 heteroatoms. The van der Waals surface area contributed by atoms with E-state index in [1.807, 2.05) is 0 Å². The van der Waals surface area contributed by atoms with E-state index < -0.39 is 0 Å². The maximum atomic E-state index is 8.51. The lowest BCUT2D eigenvalue weighted by molar-refractivity contribution is 0.289. The van der Waals surface area contributed by atoms with Crippen molar-refractivity contribution < 1.29 is 5.11 Å². The van der Waals surface area contributed by atoms with Gasteiger partial charge in [0.15, 0.2) is 0 Å². The van der Waals surface area contributed by atoms with E-state index in [2.05, 4.69) is 37.9 Å². The first-order valence-corrected chi connectivity index (χ1v) is 8.50. The standard InChI is InChI=1S/C9H16O.C4H8Br2/c10-8-4-3-7-9-5-1-2-6-9;5-3-1-2-4-6/h7,10H,1-6,8H2;1-4H2. The second kappa shape index (κ2) is 13.7. The van der Waals surface area contributed by atoms with Crippen molar-refractivity contribution in [2.75, 3.05) is 17.3 Å². The predicted octanol–water partition coefficient (Wildman–Crippen LogP) is 4.82. The highest BCUT2D eigenvalue weighted by atomic mass is 79.9. The van der Waals surface area contributed by atoms with E-state index in [-0.39, 0.29) is 0 Å². The number of halogens is 2. The largest absolute Gasteiger partial charge is 0.396 e. The molecular weight excluding hydrogens is 332 g/mol. The molecule has 0 bridgehead atoms. The number of allylic oxidation sites excluding steroid dienone is 2. The number of aliphatic hydroxyl groups excluding tert-OH is 1. The van der Waals surface area contributed by atoms with Crippen LogP contribution in [0.15, 0.2) is 11.6 Å². The average Bonchev–Trinajstić information content (AvgIpc) is 2.81. The van der Waals surface area contributed by atoms with Crippen molar-refractivity contribution in [1.82, 2.24) is 0 Å². The summed E-state index contributed by atoms with van der Waals surface area (Å²) < 4.78 is 0. The lowest BCUT2D eigenvalue weighted by atomic mass is 10.2. The summed E-state index contributed by atoms with van der Waals surface area (Å²) in [5.74, 6) is 0. The molecular formula is C13H24Br2O. The fraction of sp³-hybridized carbons (Fsp3) is 0.846. The highest BCUT2D eigenvalue weighted by Gasteiger charge is 2.04. The Labute approximate surface area is 117 Å². The minimum absolute atomic E-state index is 0.337. The second-order valence-electron chi connectivity index (χ2n) is 4.02. The van der Waals surface area contributed by atoms with Crippen LogP contribution in [-0.2, 0) is 0 Å². The predicted molar refractivity (Wildman–Crippen MR) is 79.7 cm³/mol. The van der Waals surface area contributed by atoms with Gasteiger partial charge in [0, 0.05) is 17.3 Å². The van der Waals surface area contributed by atoms with Crippen LogP contribution in [0.2, 0.25) is 0 Å². The van der Waals surface area contributed by atoms with Crippen LogP contribution in [0.25, 0.3) is 0 Å². The Morgan fingerprint density at radius 1 is 1.00 bits per heavy atom. The molecule has 0 amide bonds. The van der Waals surface area contributed by atoms with Gasteiger partial charge in [0.2, 0.25) is 0 Å². The van der Waals surface area contributed by atoms with Gasteiger partial charge in [-0.15, -0.1) is 0 Å². The molecule has 0 aliphatic heterocycles. The topological polar surface area (TPSA) is 20.2 Å². The SMILES string of the molecule is BrCCCCBr.OCCCC=C1CCCC1. The van der Waals surface area contributed by atoms with Crippen molar-refractivity contribution in [2.24, 2.45) is 0 Å². The first kappa shape index (κ1) is 16.7. The molecule has 0 radical (unpaired) electrons. The Morgan fingerprint density at radius 2 is 1.56 bits per heavy atom. The summed E-state index contributed by atoms with van der Waals surface area (Å²) in [6.45, 7) is 0.337. The zero-order valence-electron chi connectivity index (χ0n) is 10.1. The lowest BCUT2D eigenvalue weighted by Gasteiger charge is -1.93. The Hall–Kier alpha value is 0.660. The monoisotopic (exact) mass is 354 g/mol. The number of aliphatic hydroxyl groups is 1. The number of hydrogen-bond acceptors (Lipinski definition) is 1. The van der Waals surface area contributed by atoms with Crippen LogP contribution < -0.4 is 0 Å². The smallest absolute Gasteiger partial charge is 0.0433 e. The molecule has 96 valence electrons. The summed E-state index contributed by atoms with van der Waals surface area (Å²) in [6, 6.07) is 0. The van der Waals surface area contributed by atoms with Crippen LogP contribution in [-0.4, -0.2) is 22.4 Å². The normalized spacial score (nSPS) is 14.6. The van der Waals surface area contributed by atoms with Gasteiger partial charge >= 0.3 is 0 Å². The second-order valence-corrected chi connectivity index (χ2v) is 5.61. The molecule has 1 aliphatic carbocycles. The minimum atomic E-state index is 0.337. The third-order valence-corrected chi connectivity index (χ3v) is 3.68. The molecule has 0 heterocycles. The Bertz CT molecular complexity index is 157. The average molecular weight is 356 g/mol. The molecule has 1 rings (SSSR count). The van der Waals surface area contributed by atoms with E-state index in [0.29, 0.717) is 6.61 Å².